The fourth-order valence-electron chi connectivity index (χ4n) is 3.89. The van der Waals surface area contributed by atoms with Gasteiger partial charge in [-0.2, -0.15) is 5.26 Å². The van der Waals surface area contributed by atoms with Crippen molar-refractivity contribution in [3.63, 3.8) is 0 Å². The molecule has 2 aliphatic rings. The third-order valence-electron chi connectivity index (χ3n) is 5.24. The zero-order valence-electron chi connectivity index (χ0n) is 14.7. The van der Waals surface area contributed by atoms with E-state index in [-0.39, 0.29) is 18.1 Å². The van der Waals surface area contributed by atoms with Crippen LogP contribution < -0.4 is 4.74 Å². The highest BCUT2D eigenvalue weighted by molar-refractivity contribution is 5.87. The van der Waals surface area contributed by atoms with Crippen LogP contribution in [-0.4, -0.2) is 59.0 Å². The molecule has 1 amide bonds. The fourth-order valence-corrected chi connectivity index (χ4v) is 3.89. The summed E-state index contributed by atoms with van der Waals surface area (Å²) in [7, 11) is 0. The monoisotopic (exact) mass is 350 g/mol. The average molecular weight is 350 g/mol. The van der Waals surface area contributed by atoms with Crippen LogP contribution in [0.1, 0.15) is 19.3 Å². The second-order valence-electron chi connectivity index (χ2n) is 6.99. The molecule has 2 fully saturated rings. The Hall–Kier alpha value is -2.65. The van der Waals surface area contributed by atoms with Crippen molar-refractivity contribution in [1.82, 2.24) is 14.8 Å². The van der Waals surface area contributed by atoms with E-state index in [2.05, 4.69) is 16.0 Å². The number of nitriles is 1. The summed E-state index contributed by atoms with van der Waals surface area (Å²) in [6.07, 6.45) is 6.30. The SMILES string of the molecule is N#CC1CCCN1C(=O)CN1CC[C@H](Oc2cccc3cnccc23)C1. The summed E-state index contributed by atoms with van der Waals surface area (Å²) >= 11 is 0. The van der Waals surface area contributed by atoms with Crippen LogP contribution in [-0.2, 0) is 4.79 Å². The van der Waals surface area contributed by atoms with Gasteiger partial charge in [-0.3, -0.25) is 14.7 Å². The van der Waals surface area contributed by atoms with Crippen LogP contribution in [0.25, 0.3) is 10.8 Å². The highest BCUT2D eigenvalue weighted by Gasteiger charge is 2.32. The second kappa shape index (κ2) is 7.30. The summed E-state index contributed by atoms with van der Waals surface area (Å²) in [5.74, 6) is 0.929. The number of fused-ring (bicyclic) bond motifs is 1. The minimum Gasteiger partial charge on any atom is -0.488 e. The first-order valence-corrected chi connectivity index (χ1v) is 9.15. The van der Waals surface area contributed by atoms with E-state index in [1.807, 2.05) is 30.5 Å². The topological polar surface area (TPSA) is 69.5 Å². The molecule has 2 aliphatic heterocycles. The largest absolute Gasteiger partial charge is 0.488 e. The number of aromatic nitrogens is 1. The Morgan fingerprint density at radius 3 is 3.12 bits per heavy atom. The summed E-state index contributed by atoms with van der Waals surface area (Å²) in [5, 5.41) is 11.3. The lowest BCUT2D eigenvalue weighted by molar-refractivity contribution is -0.132. The van der Waals surface area contributed by atoms with E-state index in [0.717, 1.165) is 48.9 Å². The number of carbonyl (C=O) groups is 1. The van der Waals surface area contributed by atoms with Crippen molar-refractivity contribution in [2.45, 2.75) is 31.4 Å². The number of carbonyl (C=O) groups excluding carboxylic acids is 1. The molecule has 0 saturated carbocycles. The van der Waals surface area contributed by atoms with E-state index < -0.39 is 0 Å². The maximum absolute atomic E-state index is 12.5. The van der Waals surface area contributed by atoms with E-state index in [1.165, 1.54) is 0 Å². The van der Waals surface area contributed by atoms with Gasteiger partial charge in [0, 0.05) is 42.8 Å². The smallest absolute Gasteiger partial charge is 0.237 e. The minimum absolute atomic E-state index is 0.0611. The second-order valence-corrected chi connectivity index (χ2v) is 6.99. The predicted molar refractivity (Wildman–Crippen MR) is 97.6 cm³/mol. The number of nitrogens with zero attached hydrogens (tertiary/aromatic N) is 4. The van der Waals surface area contributed by atoms with E-state index in [1.54, 1.807) is 11.1 Å². The molecule has 1 unspecified atom stereocenters. The molecular formula is C20H22N4O2. The molecule has 0 bridgehead atoms. The van der Waals surface area contributed by atoms with Gasteiger partial charge < -0.3 is 9.64 Å². The molecule has 2 saturated heterocycles. The third-order valence-corrected chi connectivity index (χ3v) is 5.24. The van der Waals surface area contributed by atoms with Crippen molar-refractivity contribution < 1.29 is 9.53 Å². The molecule has 3 heterocycles. The molecule has 0 spiro atoms. The van der Waals surface area contributed by atoms with Crippen LogP contribution in [0.4, 0.5) is 0 Å². The van der Waals surface area contributed by atoms with Crippen LogP contribution in [0.2, 0.25) is 0 Å². The first kappa shape index (κ1) is 16.8. The Balaban J connectivity index is 1.37. The van der Waals surface area contributed by atoms with Crippen LogP contribution in [0.5, 0.6) is 5.75 Å². The fraction of sp³-hybridized carbons (Fsp3) is 0.450. The zero-order valence-corrected chi connectivity index (χ0v) is 14.7. The van der Waals surface area contributed by atoms with Gasteiger partial charge in [-0.15, -0.1) is 0 Å². The number of likely N-dealkylation sites (tertiary alicyclic amines) is 2. The van der Waals surface area contributed by atoms with Crippen molar-refractivity contribution in [2.75, 3.05) is 26.2 Å². The lowest BCUT2D eigenvalue weighted by Crippen LogP contribution is -2.42. The molecule has 2 aromatic rings. The Morgan fingerprint density at radius 1 is 1.31 bits per heavy atom. The Bertz CT molecular complexity index is 842. The van der Waals surface area contributed by atoms with Gasteiger partial charge in [0.05, 0.1) is 12.6 Å². The summed E-state index contributed by atoms with van der Waals surface area (Å²) in [6.45, 7) is 2.65. The van der Waals surface area contributed by atoms with E-state index in [0.29, 0.717) is 13.1 Å². The molecule has 6 nitrogen and oxygen atoms in total. The lowest BCUT2D eigenvalue weighted by Gasteiger charge is -2.23. The van der Waals surface area contributed by atoms with Gasteiger partial charge in [0.25, 0.3) is 0 Å². The number of pyridine rings is 1. The quantitative estimate of drug-likeness (QED) is 0.845. The van der Waals surface area contributed by atoms with Gasteiger partial charge in [-0.1, -0.05) is 12.1 Å². The summed E-state index contributed by atoms with van der Waals surface area (Å²) in [6, 6.07) is 9.94. The molecule has 0 aliphatic carbocycles. The number of ether oxygens (including phenoxy) is 1. The van der Waals surface area contributed by atoms with Gasteiger partial charge in [0.1, 0.15) is 17.9 Å². The number of hydrogen-bond donors (Lipinski definition) is 0. The van der Waals surface area contributed by atoms with Crippen LogP contribution in [0, 0.1) is 11.3 Å². The van der Waals surface area contributed by atoms with Crippen molar-refractivity contribution >= 4 is 16.7 Å². The molecule has 4 rings (SSSR count). The number of benzene rings is 1. The Labute approximate surface area is 153 Å². The van der Waals surface area contributed by atoms with Gasteiger partial charge >= 0.3 is 0 Å². The van der Waals surface area contributed by atoms with Gasteiger partial charge in [-0.25, -0.2) is 0 Å². The molecular weight excluding hydrogens is 328 g/mol. The summed E-state index contributed by atoms with van der Waals surface area (Å²) < 4.78 is 6.22. The van der Waals surface area contributed by atoms with E-state index >= 15 is 0 Å². The van der Waals surface area contributed by atoms with Crippen molar-refractivity contribution in [3.05, 3.63) is 36.7 Å². The average Bonchev–Trinajstić information content (AvgIpc) is 3.31. The minimum atomic E-state index is -0.249. The van der Waals surface area contributed by atoms with Gasteiger partial charge in [0.2, 0.25) is 5.91 Å². The molecule has 1 aromatic carbocycles. The lowest BCUT2D eigenvalue weighted by atomic mass is 10.1. The number of amides is 1. The van der Waals surface area contributed by atoms with Crippen LogP contribution in [0.3, 0.4) is 0 Å². The molecule has 6 heteroatoms. The van der Waals surface area contributed by atoms with Crippen molar-refractivity contribution in [2.24, 2.45) is 0 Å². The molecule has 0 radical (unpaired) electrons. The first-order valence-electron chi connectivity index (χ1n) is 9.15. The number of rotatable bonds is 4. The maximum atomic E-state index is 12.5. The third kappa shape index (κ3) is 3.35. The Morgan fingerprint density at radius 2 is 2.23 bits per heavy atom. The van der Waals surface area contributed by atoms with Crippen molar-refractivity contribution in [1.29, 1.82) is 5.26 Å². The van der Waals surface area contributed by atoms with Gasteiger partial charge in [0.15, 0.2) is 0 Å². The van der Waals surface area contributed by atoms with E-state index in [4.69, 9.17) is 10.00 Å². The molecule has 134 valence electrons. The van der Waals surface area contributed by atoms with Crippen LogP contribution in [0.15, 0.2) is 36.7 Å². The van der Waals surface area contributed by atoms with Gasteiger partial charge in [-0.05, 0) is 31.4 Å². The van der Waals surface area contributed by atoms with E-state index in [9.17, 15) is 4.79 Å². The normalized spacial score (nSPS) is 23.3. The molecule has 26 heavy (non-hydrogen) atoms. The summed E-state index contributed by atoms with van der Waals surface area (Å²) in [5.41, 5.74) is 0. The van der Waals surface area contributed by atoms with Crippen LogP contribution >= 0.6 is 0 Å². The number of hydrogen-bond acceptors (Lipinski definition) is 5. The first-order chi connectivity index (χ1) is 12.7. The molecule has 2 atom stereocenters. The Kier molecular flexibility index (Phi) is 4.72. The predicted octanol–water partition coefficient (Wildman–Crippen LogP) is 2.20. The van der Waals surface area contributed by atoms with Crippen molar-refractivity contribution in [3.8, 4) is 11.8 Å². The highest BCUT2D eigenvalue weighted by atomic mass is 16.5. The molecule has 1 aromatic heterocycles. The zero-order chi connectivity index (χ0) is 17.9. The maximum Gasteiger partial charge on any atom is 0.237 e. The molecule has 0 N–H and O–H groups in total. The standard InChI is InChI=1S/C20H22N4O2/c21-11-16-4-2-9-24(16)20(25)14-23-10-7-17(13-23)26-19-5-1-3-15-12-22-8-6-18(15)19/h1,3,5-6,8,12,16-17H,2,4,7,9-10,13-14H2/t16?,17-/m0/s1. The summed E-state index contributed by atoms with van der Waals surface area (Å²) in [4.78, 5) is 20.5. The highest BCUT2D eigenvalue weighted by Crippen LogP contribution is 2.27.